The molecule has 1 aliphatic carbocycles. The highest BCUT2D eigenvalue weighted by Crippen LogP contribution is 2.43. The minimum Gasteiger partial charge on any atom is -0.347 e. The Bertz CT molecular complexity index is 192. The molecule has 0 N–H and O–H groups in total. The summed E-state index contributed by atoms with van der Waals surface area (Å²) in [6.45, 7) is 6.50. The van der Waals surface area contributed by atoms with Crippen molar-refractivity contribution in [2.75, 3.05) is 0 Å². The zero-order valence-electron chi connectivity index (χ0n) is 8.93. The first-order valence-electron chi connectivity index (χ1n) is 5.39. The lowest BCUT2D eigenvalue weighted by Gasteiger charge is -2.46. The Labute approximate surface area is 80.6 Å². The molecule has 2 aliphatic rings. The van der Waals surface area contributed by atoms with Crippen LogP contribution in [0.2, 0.25) is 0 Å². The molecule has 0 aromatic heterocycles. The molecule has 1 unspecified atom stereocenters. The van der Waals surface area contributed by atoms with E-state index in [1.54, 1.807) is 0 Å². The molecular formula is C11H20O2. The number of hydrogen-bond donors (Lipinski definition) is 0. The molecule has 0 aromatic carbocycles. The van der Waals surface area contributed by atoms with E-state index in [9.17, 15) is 0 Å². The van der Waals surface area contributed by atoms with Gasteiger partial charge in [0, 0.05) is 19.3 Å². The van der Waals surface area contributed by atoms with Crippen LogP contribution in [0.4, 0.5) is 0 Å². The Morgan fingerprint density at radius 2 is 1.77 bits per heavy atom. The van der Waals surface area contributed by atoms with Crippen LogP contribution in [0.15, 0.2) is 0 Å². The zero-order chi connectivity index (χ0) is 9.53. The van der Waals surface area contributed by atoms with Crippen molar-refractivity contribution in [2.24, 2.45) is 0 Å². The van der Waals surface area contributed by atoms with Crippen molar-refractivity contribution < 1.29 is 9.47 Å². The normalized spacial score (nSPS) is 36.7. The third-order valence-corrected chi connectivity index (χ3v) is 3.02. The van der Waals surface area contributed by atoms with Crippen molar-refractivity contribution in [3.8, 4) is 0 Å². The molecule has 2 heteroatoms. The van der Waals surface area contributed by atoms with Gasteiger partial charge in [0.25, 0.3) is 0 Å². The Kier molecular flexibility index (Phi) is 2.16. The third kappa shape index (κ3) is 1.89. The Hall–Kier alpha value is -0.0800. The lowest BCUT2D eigenvalue weighted by molar-refractivity contribution is -0.335. The summed E-state index contributed by atoms with van der Waals surface area (Å²) in [5.74, 6) is -0.221. The molecule has 2 nitrogen and oxygen atoms in total. The zero-order valence-corrected chi connectivity index (χ0v) is 8.93. The Balaban J connectivity index is 2.12. The van der Waals surface area contributed by atoms with Crippen molar-refractivity contribution in [1.82, 2.24) is 0 Å². The smallest absolute Gasteiger partial charge is 0.169 e. The molecule has 0 aromatic rings. The average molecular weight is 184 g/mol. The van der Waals surface area contributed by atoms with Crippen molar-refractivity contribution in [2.45, 2.75) is 70.4 Å². The predicted molar refractivity (Wildman–Crippen MR) is 51.5 cm³/mol. The molecule has 0 radical (unpaired) electrons. The Morgan fingerprint density at radius 1 is 1.15 bits per heavy atom. The molecule has 0 amide bonds. The summed E-state index contributed by atoms with van der Waals surface area (Å²) in [7, 11) is 0. The monoisotopic (exact) mass is 184 g/mol. The fraction of sp³-hybridized carbons (Fsp3) is 1.00. The molecule has 1 saturated carbocycles. The van der Waals surface area contributed by atoms with Crippen LogP contribution in [0.25, 0.3) is 0 Å². The second-order valence-corrected chi connectivity index (χ2v) is 5.11. The van der Waals surface area contributed by atoms with Gasteiger partial charge in [0.05, 0.1) is 11.7 Å². The van der Waals surface area contributed by atoms with E-state index in [0.717, 1.165) is 19.3 Å². The second kappa shape index (κ2) is 2.96. The summed E-state index contributed by atoms with van der Waals surface area (Å²) in [5, 5.41) is 0. The lowest BCUT2D eigenvalue weighted by atomic mass is 9.97. The molecule has 2 rings (SSSR count). The summed E-state index contributed by atoms with van der Waals surface area (Å²) in [5.41, 5.74) is 0.00199. The topological polar surface area (TPSA) is 18.5 Å². The van der Waals surface area contributed by atoms with Crippen LogP contribution in [-0.4, -0.2) is 17.5 Å². The van der Waals surface area contributed by atoms with Crippen LogP contribution in [0.5, 0.6) is 0 Å². The van der Waals surface area contributed by atoms with Gasteiger partial charge in [-0.25, -0.2) is 0 Å². The molecule has 2 fully saturated rings. The third-order valence-electron chi connectivity index (χ3n) is 3.02. The summed E-state index contributed by atoms with van der Waals surface area (Å²) in [6, 6.07) is 0. The number of rotatable bonds is 0. The maximum atomic E-state index is 6.07. The summed E-state index contributed by atoms with van der Waals surface area (Å²) in [4.78, 5) is 0. The SMILES string of the molecule is CC1CC(C)(C)OC2(CCCC2)O1. The van der Waals surface area contributed by atoms with Crippen LogP contribution < -0.4 is 0 Å². The highest BCUT2D eigenvalue weighted by molar-refractivity contribution is 4.88. The van der Waals surface area contributed by atoms with Crippen LogP contribution in [0.1, 0.15) is 52.9 Å². The van der Waals surface area contributed by atoms with Crippen molar-refractivity contribution in [3.63, 3.8) is 0 Å². The van der Waals surface area contributed by atoms with Gasteiger partial charge in [-0.3, -0.25) is 0 Å². The lowest BCUT2D eigenvalue weighted by Crippen LogP contribution is -2.50. The average Bonchev–Trinajstić information content (AvgIpc) is 2.31. The minimum atomic E-state index is -0.221. The van der Waals surface area contributed by atoms with E-state index in [1.165, 1.54) is 12.8 Å². The molecule has 1 atom stereocenters. The maximum Gasteiger partial charge on any atom is 0.169 e. The quantitative estimate of drug-likeness (QED) is 0.576. The van der Waals surface area contributed by atoms with Crippen LogP contribution in [-0.2, 0) is 9.47 Å². The van der Waals surface area contributed by atoms with Gasteiger partial charge in [0.2, 0.25) is 0 Å². The first kappa shape index (κ1) is 9.47. The van der Waals surface area contributed by atoms with Crippen LogP contribution >= 0.6 is 0 Å². The van der Waals surface area contributed by atoms with Crippen LogP contribution in [0, 0.1) is 0 Å². The van der Waals surface area contributed by atoms with Gasteiger partial charge < -0.3 is 9.47 Å². The molecule has 1 spiro atoms. The molecule has 1 saturated heterocycles. The van der Waals surface area contributed by atoms with Crippen molar-refractivity contribution in [3.05, 3.63) is 0 Å². The van der Waals surface area contributed by atoms with Gasteiger partial charge in [-0.15, -0.1) is 0 Å². The summed E-state index contributed by atoms with van der Waals surface area (Å²) >= 11 is 0. The van der Waals surface area contributed by atoms with E-state index >= 15 is 0 Å². The van der Waals surface area contributed by atoms with Gasteiger partial charge in [0.1, 0.15) is 0 Å². The van der Waals surface area contributed by atoms with Crippen LogP contribution in [0.3, 0.4) is 0 Å². The first-order chi connectivity index (χ1) is 6.02. The second-order valence-electron chi connectivity index (χ2n) is 5.11. The number of ether oxygens (including phenoxy) is 2. The molecule has 1 heterocycles. The predicted octanol–water partition coefficient (Wildman–Crippen LogP) is 2.86. The van der Waals surface area contributed by atoms with Gasteiger partial charge in [0.15, 0.2) is 5.79 Å². The standard InChI is InChI=1S/C11H20O2/c1-9-8-10(2,3)13-11(12-9)6-4-5-7-11/h9H,4-8H2,1-3H3. The van der Waals surface area contributed by atoms with Gasteiger partial charge in [-0.1, -0.05) is 0 Å². The van der Waals surface area contributed by atoms with Gasteiger partial charge >= 0.3 is 0 Å². The summed E-state index contributed by atoms with van der Waals surface area (Å²) in [6.07, 6.45) is 6.03. The first-order valence-corrected chi connectivity index (χ1v) is 5.39. The molecule has 13 heavy (non-hydrogen) atoms. The van der Waals surface area contributed by atoms with E-state index in [-0.39, 0.29) is 11.4 Å². The molecular weight excluding hydrogens is 164 g/mol. The molecule has 0 bridgehead atoms. The van der Waals surface area contributed by atoms with Gasteiger partial charge in [-0.05, 0) is 33.6 Å². The number of hydrogen-bond acceptors (Lipinski definition) is 2. The summed E-state index contributed by atoms with van der Waals surface area (Å²) < 4.78 is 12.0. The van der Waals surface area contributed by atoms with Crippen molar-refractivity contribution >= 4 is 0 Å². The van der Waals surface area contributed by atoms with E-state index in [1.807, 2.05) is 0 Å². The Morgan fingerprint density at radius 3 is 2.31 bits per heavy atom. The van der Waals surface area contributed by atoms with E-state index in [0.29, 0.717) is 6.10 Å². The van der Waals surface area contributed by atoms with E-state index < -0.39 is 0 Å². The largest absolute Gasteiger partial charge is 0.347 e. The van der Waals surface area contributed by atoms with Crippen molar-refractivity contribution in [1.29, 1.82) is 0 Å². The molecule has 76 valence electrons. The van der Waals surface area contributed by atoms with Gasteiger partial charge in [-0.2, -0.15) is 0 Å². The fourth-order valence-corrected chi connectivity index (χ4v) is 2.80. The van der Waals surface area contributed by atoms with E-state index in [4.69, 9.17) is 9.47 Å². The minimum absolute atomic E-state index is 0.00199. The molecule has 1 aliphatic heterocycles. The maximum absolute atomic E-state index is 6.07. The fourth-order valence-electron chi connectivity index (χ4n) is 2.80. The highest BCUT2D eigenvalue weighted by atomic mass is 16.7. The highest BCUT2D eigenvalue weighted by Gasteiger charge is 2.46. The van der Waals surface area contributed by atoms with E-state index in [2.05, 4.69) is 20.8 Å².